The maximum absolute atomic E-state index is 12.7. The van der Waals surface area contributed by atoms with Gasteiger partial charge in [-0.25, -0.2) is 14.6 Å². The molecule has 3 aromatic heterocycles. The van der Waals surface area contributed by atoms with Gasteiger partial charge in [0.25, 0.3) is 5.91 Å². The fourth-order valence-corrected chi connectivity index (χ4v) is 3.32. The summed E-state index contributed by atoms with van der Waals surface area (Å²) in [7, 11) is 0. The molecule has 4 aromatic rings. The maximum atomic E-state index is 12.7. The van der Waals surface area contributed by atoms with Gasteiger partial charge in [0.15, 0.2) is 10.8 Å². The van der Waals surface area contributed by atoms with Crippen LogP contribution in [-0.4, -0.2) is 25.7 Å². The number of amides is 1. The lowest BCUT2D eigenvalue weighted by atomic mass is 10.1. The van der Waals surface area contributed by atoms with E-state index in [2.05, 4.69) is 51.6 Å². The van der Waals surface area contributed by atoms with Crippen molar-refractivity contribution in [3.05, 3.63) is 70.5 Å². The van der Waals surface area contributed by atoms with Crippen LogP contribution in [-0.2, 0) is 6.54 Å². The van der Waals surface area contributed by atoms with Gasteiger partial charge in [-0.05, 0) is 25.5 Å². The minimum absolute atomic E-state index is 0.203. The summed E-state index contributed by atoms with van der Waals surface area (Å²) in [4.78, 5) is 21.4. The van der Waals surface area contributed by atoms with E-state index in [4.69, 9.17) is 0 Å². The van der Waals surface area contributed by atoms with Crippen molar-refractivity contribution < 1.29 is 4.79 Å². The average molecular weight is 363 g/mol. The van der Waals surface area contributed by atoms with Crippen LogP contribution in [0.4, 0.5) is 5.13 Å². The van der Waals surface area contributed by atoms with Crippen LogP contribution in [0.3, 0.4) is 0 Å². The molecule has 0 unspecified atom stereocenters. The van der Waals surface area contributed by atoms with Crippen molar-refractivity contribution in [1.29, 1.82) is 0 Å². The van der Waals surface area contributed by atoms with E-state index in [-0.39, 0.29) is 5.91 Å². The van der Waals surface area contributed by atoms with Crippen LogP contribution in [0.2, 0.25) is 0 Å². The number of fused-ring (bicyclic) bond motifs is 1. The SMILES string of the molecule is Cc1ccc(Cn2ncc3c(C(=O)Nc4nccs4)cc(C)nc32)cc1. The number of thiazole rings is 1. The summed E-state index contributed by atoms with van der Waals surface area (Å²) in [6.07, 6.45) is 3.36. The monoisotopic (exact) mass is 363 g/mol. The highest BCUT2D eigenvalue weighted by Gasteiger charge is 2.16. The van der Waals surface area contributed by atoms with Gasteiger partial charge in [-0.3, -0.25) is 10.1 Å². The number of nitrogens with zero attached hydrogens (tertiary/aromatic N) is 4. The Morgan fingerprint density at radius 2 is 2.04 bits per heavy atom. The highest BCUT2D eigenvalue weighted by molar-refractivity contribution is 7.13. The number of carbonyl (C=O) groups excluding carboxylic acids is 1. The Balaban J connectivity index is 1.70. The van der Waals surface area contributed by atoms with E-state index in [0.29, 0.717) is 22.9 Å². The topological polar surface area (TPSA) is 72.7 Å². The van der Waals surface area contributed by atoms with Crippen LogP contribution in [0.15, 0.2) is 48.1 Å². The summed E-state index contributed by atoms with van der Waals surface area (Å²) in [6, 6.07) is 10.1. The normalized spacial score (nSPS) is 11.0. The molecule has 1 amide bonds. The first-order valence-electron chi connectivity index (χ1n) is 8.20. The zero-order valence-corrected chi connectivity index (χ0v) is 15.2. The van der Waals surface area contributed by atoms with E-state index < -0.39 is 0 Å². The number of aromatic nitrogens is 4. The average Bonchev–Trinajstić information content (AvgIpc) is 3.26. The molecule has 26 heavy (non-hydrogen) atoms. The van der Waals surface area contributed by atoms with Crippen LogP contribution in [0.5, 0.6) is 0 Å². The predicted molar refractivity (Wildman–Crippen MR) is 103 cm³/mol. The quantitative estimate of drug-likeness (QED) is 0.598. The van der Waals surface area contributed by atoms with E-state index >= 15 is 0 Å². The highest BCUT2D eigenvalue weighted by atomic mass is 32.1. The molecule has 130 valence electrons. The van der Waals surface area contributed by atoms with E-state index in [0.717, 1.165) is 16.6 Å². The molecule has 0 aliphatic heterocycles. The number of rotatable bonds is 4. The minimum Gasteiger partial charge on any atom is -0.298 e. The third-order valence-corrected chi connectivity index (χ3v) is 4.78. The number of pyridine rings is 1. The zero-order chi connectivity index (χ0) is 18.1. The highest BCUT2D eigenvalue weighted by Crippen LogP contribution is 2.21. The third kappa shape index (κ3) is 3.21. The summed E-state index contributed by atoms with van der Waals surface area (Å²) < 4.78 is 1.83. The van der Waals surface area contributed by atoms with Crippen molar-refractivity contribution in [3.8, 4) is 0 Å². The lowest BCUT2D eigenvalue weighted by Gasteiger charge is -2.07. The number of hydrogen-bond acceptors (Lipinski definition) is 5. The van der Waals surface area contributed by atoms with Gasteiger partial charge >= 0.3 is 0 Å². The van der Waals surface area contributed by atoms with Crippen LogP contribution >= 0.6 is 11.3 Å². The van der Waals surface area contributed by atoms with E-state index in [1.807, 2.05) is 17.0 Å². The predicted octanol–water partition coefficient (Wildman–Crippen LogP) is 3.81. The molecule has 6 nitrogen and oxygen atoms in total. The van der Waals surface area contributed by atoms with Crippen molar-refractivity contribution in [2.24, 2.45) is 0 Å². The molecule has 0 aliphatic carbocycles. The zero-order valence-electron chi connectivity index (χ0n) is 14.4. The Hall–Kier alpha value is -3.06. The van der Waals surface area contributed by atoms with E-state index in [9.17, 15) is 4.79 Å². The number of anilines is 1. The number of hydrogen-bond donors (Lipinski definition) is 1. The fourth-order valence-electron chi connectivity index (χ4n) is 2.79. The summed E-state index contributed by atoms with van der Waals surface area (Å²) in [6.45, 7) is 4.54. The summed E-state index contributed by atoms with van der Waals surface area (Å²) in [5.41, 5.74) is 4.38. The number of carbonyl (C=O) groups is 1. The second kappa shape index (κ2) is 6.68. The molecule has 7 heteroatoms. The van der Waals surface area contributed by atoms with Gasteiger partial charge in [-0.15, -0.1) is 11.3 Å². The van der Waals surface area contributed by atoms with Gasteiger partial charge in [0.1, 0.15) is 0 Å². The molecule has 0 fully saturated rings. The lowest BCUT2D eigenvalue weighted by Crippen LogP contribution is -2.13. The number of benzene rings is 1. The van der Waals surface area contributed by atoms with Crippen molar-refractivity contribution in [1.82, 2.24) is 19.7 Å². The van der Waals surface area contributed by atoms with Crippen LogP contribution < -0.4 is 5.32 Å². The van der Waals surface area contributed by atoms with Crippen LogP contribution in [0.1, 0.15) is 27.2 Å². The van der Waals surface area contributed by atoms with E-state index in [1.165, 1.54) is 16.9 Å². The molecular weight excluding hydrogens is 346 g/mol. The van der Waals surface area contributed by atoms with Crippen molar-refractivity contribution in [2.45, 2.75) is 20.4 Å². The molecule has 1 N–H and O–H groups in total. The molecule has 0 aliphatic rings. The number of nitrogens with one attached hydrogen (secondary N) is 1. The Morgan fingerprint density at radius 3 is 2.77 bits per heavy atom. The first-order chi connectivity index (χ1) is 12.6. The van der Waals surface area contributed by atoms with Crippen LogP contribution in [0, 0.1) is 13.8 Å². The molecule has 0 radical (unpaired) electrons. The third-order valence-electron chi connectivity index (χ3n) is 4.09. The van der Waals surface area contributed by atoms with Gasteiger partial charge in [0, 0.05) is 17.3 Å². The van der Waals surface area contributed by atoms with Crippen LogP contribution in [0.25, 0.3) is 11.0 Å². The van der Waals surface area contributed by atoms with Gasteiger partial charge < -0.3 is 0 Å². The molecule has 3 heterocycles. The Morgan fingerprint density at radius 1 is 1.23 bits per heavy atom. The molecule has 0 bridgehead atoms. The minimum atomic E-state index is -0.203. The van der Waals surface area contributed by atoms with Crippen molar-refractivity contribution >= 4 is 33.4 Å². The molecule has 0 saturated heterocycles. The largest absolute Gasteiger partial charge is 0.298 e. The molecule has 0 atom stereocenters. The first-order valence-corrected chi connectivity index (χ1v) is 9.07. The molecule has 4 rings (SSSR count). The standard InChI is InChI=1S/C19H17N5OS/c1-12-3-5-14(6-4-12)11-24-17-16(10-21-24)15(9-13(2)22-17)18(25)23-19-20-7-8-26-19/h3-10H,11H2,1-2H3,(H,20,23,25). The van der Waals surface area contributed by atoms with Crippen molar-refractivity contribution in [2.75, 3.05) is 5.32 Å². The summed E-state index contributed by atoms with van der Waals surface area (Å²) in [5.74, 6) is -0.203. The van der Waals surface area contributed by atoms with Gasteiger partial charge in [0.2, 0.25) is 0 Å². The Bertz CT molecular complexity index is 1070. The second-order valence-electron chi connectivity index (χ2n) is 6.13. The molecule has 0 saturated carbocycles. The molecular formula is C19H17N5OS. The van der Waals surface area contributed by atoms with E-state index in [1.54, 1.807) is 18.5 Å². The van der Waals surface area contributed by atoms with Crippen molar-refractivity contribution in [3.63, 3.8) is 0 Å². The smallest absolute Gasteiger partial charge is 0.258 e. The van der Waals surface area contributed by atoms with Gasteiger partial charge in [-0.2, -0.15) is 5.10 Å². The maximum Gasteiger partial charge on any atom is 0.258 e. The van der Waals surface area contributed by atoms with Gasteiger partial charge in [-0.1, -0.05) is 29.8 Å². The second-order valence-corrected chi connectivity index (χ2v) is 7.02. The first kappa shape index (κ1) is 16.4. The lowest BCUT2D eigenvalue weighted by molar-refractivity contribution is 0.102. The fraction of sp³-hybridized carbons (Fsp3) is 0.158. The molecule has 0 spiro atoms. The summed E-state index contributed by atoms with van der Waals surface area (Å²) >= 11 is 1.38. The van der Waals surface area contributed by atoms with Gasteiger partial charge in [0.05, 0.1) is 23.7 Å². The Labute approximate surface area is 154 Å². The summed E-state index contributed by atoms with van der Waals surface area (Å²) in [5, 5.41) is 10.4. The Kier molecular flexibility index (Phi) is 4.22. The number of aryl methyl sites for hydroxylation is 2. The molecule has 1 aromatic carbocycles.